The summed E-state index contributed by atoms with van der Waals surface area (Å²) in [5.41, 5.74) is 2.70. The summed E-state index contributed by atoms with van der Waals surface area (Å²) in [6.45, 7) is 11.2. The molecule has 0 radical (unpaired) electrons. The summed E-state index contributed by atoms with van der Waals surface area (Å²) < 4.78 is 39.1. The maximum absolute atomic E-state index is 8.63. The molecule has 35 heavy (non-hydrogen) atoms. The number of aromatic nitrogens is 2. The summed E-state index contributed by atoms with van der Waals surface area (Å²) in [6.07, 6.45) is 25.3. The van der Waals surface area contributed by atoms with Gasteiger partial charge < -0.3 is 0 Å². The van der Waals surface area contributed by atoms with Crippen LogP contribution in [0.4, 0.5) is 0 Å². The van der Waals surface area contributed by atoms with Crippen molar-refractivity contribution in [2.75, 3.05) is 0 Å². The molecule has 0 aliphatic heterocycles. The Labute approximate surface area is 217 Å². The number of rotatable bonds is 14. The van der Waals surface area contributed by atoms with E-state index in [0.717, 1.165) is 0 Å². The second-order valence-electron chi connectivity index (χ2n) is 9.18. The van der Waals surface area contributed by atoms with Gasteiger partial charge in [0, 0.05) is 36.1 Å². The fraction of sp³-hybridized carbons (Fsp3) is 0.643. The van der Waals surface area contributed by atoms with Crippen LogP contribution in [0, 0.1) is 13.8 Å². The Balaban J connectivity index is 0.000000555. The van der Waals surface area contributed by atoms with Crippen LogP contribution in [0.5, 0.6) is 0 Å². The van der Waals surface area contributed by atoms with Gasteiger partial charge in [0.05, 0.1) is 0 Å². The third kappa shape index (κ3) is 25.4. The van der Waals surface area contributed by atoms with E-state index >= 15 is 0 Å². The van der Waals surface area contributed by atoms with E-state index in [0.29, 0.717) is 0 Å². The molecule has 2 rings (SSSR count). The Kier molecular flexibility index (Phi) is 20.8. The average Bonchev–Trinajstić information content (AvgIpc) is 2.78. The first kappa shape index (κ1) is 33.5. The van der Waals surface area contributed by atoms with Gasteiger partial charge in [0.15, 0.2) is 24.8 Å². The maximum atomic E-state index is 8.63. The predicted octanol–water partition coefficient (Wildman–Crippen LogP) is 4.67. The van der Waals surface area contributed by atoms with Gasteiger partial charge in [0.25, 0.3) is 0 Å². The molecule has 0 atom stereocenters. The minimum absolute atomic E-state index is 1.17. The van der Waals surface area contributed by atoms with Crippen LogP contribution in [0.15, 0.2) is 49.1 Å². The van der Waals surface area contributed by atoms with Crippen LogP contribution >= 0.6 is 0 Å². The van der Waals surface area contributed by atoms with E-state index < -0.39 is 16.7 Å². The van der Waals surface area contributed by atoms with Crippen molar-refractivity contribution in [1.29, 1.82) is 0 Å². The Morgan fingerprint density at radius 3 is 1.26 bits per heavy atom. The monoisotopic (exact) mass is 574 g/mol. The molecule has 0 aromatic carbocycles. The minimum atomic E-state index is -6.02. The van der Waals surface area contributed by atoms with E-state index in [2.05, 4.69) is 85.9 Å². The zero-order valence-electron chi connectivity index (χ0n) is 22.5. The number of unbranched alkanes of at least 4 members (excludes halogenated alkanes) is 10. The van der Waals surface area contributed by atoms with Crippen molar-refractivity contribution in [3.05, 3.63) is 60.2 Å². The molecular formula is C28H48MoN2O4. The van der Waals surface area contributed by atoms with E-state index in [1.165, 1.54) is 101 Å². The van der Waals surface area contributed by atoms with Crippen molar-refractivity contribution in [3.8, 4) is 0 Å². The molecule has 2 aromatic rings. The summed E-state index contributed by atoms with van der Waals surface area (Å²) in [5.74, 6) is 0. The average molecular weight is 573 g/mol. The van der Waals surface area contributed by atoms with E-state index in [-0.39, 0.29) is 0 Å². The Hall–Kier alpha value is -1.49. The molecule has 200 valence electrons. The first-order valence-corrected chi connectivity index (χ1v) is 16.5. The van der Waals surface area contributed by atoms with Gasteiger partial charge >= 0.3 is 31.1 Å². The Morgan fingerprint density at radius 1 is 0.629 bits per heavy atom. The molecule has 0 fully saturated rings. The van der Waals surface area contributed by atoms with Gasteiger partial charge in [0.2, 0.25) is 0 Å². The molecule has 0 N–H and O–H groups in total. The van der Waals surface area contributed by atoms with Crippen LogP contribution in [0.2, 0.25) is 0 Å². The van der Waals surface area contributed by atoms with Crippen molar-refractivity contribution >= 4 is 0 Å². The Morgan fingerprint density at radius 2 is 0.943 bits per heavy atom. The molecule has 0 amide bonds. The molecule has 0 bridgehead atoms. The van der Waals surface area contributed by atoms with Gasteiger partial charge in [0.1, 0.15) is 13.1 Å². The van der Waals surface area contributed by atoms with Gasteiger partial charge in [-0.05, 0) is 38.8 Å². The summed E-state index contributed by atoms with van der Waals surface area (Å²) >= 11 is -6.02. The quantitative estimate of drug-likeness (QED) is 0.187. The van der Waals surface area contributed by atoms with Crippen LogP contribution in [0.1, 0.15) is 102 Å². The van der Waals surface area contributed by atoms with E-state index in [9.17, 15) is 0 Å². The molecular weight excluding hydrogens is 524 g/mol. The van der Waals surface area contributed by atoms with Crippen molar-refractivity contribution in [3.63, 3.8) is 0 Å². The molecule has 0 saturated heterocycles. The van der Waals surface area contributed by atoms with Gasteiger partial charge in [-0.15, -0.1) is 0 Å². The molecule has 0 spiro atoms. The van der Waals surface area contributed by atoms with E-state index in [4.69, 9.17) is 14.3 Å². The van der Waals surface area contributed by atoms with Crippen molar-refractivity contribution in [2.45, 2.75) is 118 Å². The second-order valence-corrected chi connectivity index (χ2v) is 11.2. The standard InChI is InChI=1S/2C14H24N.Mo.4O/c2*1-3-4-5-6-7-8-11-15-12-9-10-14(2)13-15;;;;;/h2*9-10,12-13H,3-8,11H2,1-2H3;;;;;/q2*+1;;;;2*-1. The normalized spacial score (nSPS) is 10.7. The van der Waals surface area contributed by atoms with E-state index in [1.54, 1.807) is 0 Å². The number of aryl methyl sites for hydroxylation is 4. The number of pyridine rings is 2. The number of hydrogen-bond acceptors (Lipinski definition) is 4. The van der Waals surface area contributed by atoms with Crippen LogP contribution in [-0.2, 0) is 36.6 Å². The number of nitrogens with zero attached hydrogens (tertiary/aromatic N) is 2. The molecule has 0 aliphatic rings. The summed E-state index contributed by atoms with van der Waals surface area (Å²) in [7, 11) is 0. The van der Waals surface area contributed by atoms with E-state index in [1.807, 2.05) is 0 Å². The van der Waals surface area contributed by atoms with Crippen LogP contribution in [-0.4, -0.2) is 0 Å². The van der Waals surface area contributed by atoms with Gasteiger partial charge in [-0.3, -0.25) is 0 Å². The molecule has 0 unspecified atom stereocenters. The molecule has 0 saturated carbocycles. The molecule has 6 nitrogen and oxygen atoms in total. The van der Waals surface area contributed by atoms with Gasteiger partial charge in [-0.25, -0.2) is 9.13 Å². The van der Waals surface area contributed by atoms with Gasteiger partial charge in [-0.1, -0.05) is 65.2 Å². The zero-order chi connectivity index (χ0) is 26.4. The predicted molar refractivity (Wildman–Crippen MR) is 131 cm³/mol. The van der Waals surface area contributed by atoms with Crippen molar-refractivity contribution < 1.29 is 40.2 Å². The summed E-state index contributed by atoms with van der Waals surface area (Å²) in [6, 6.07) is 8.56. The van der Waals surface area contributed by atoms with Crippen LogP contribution < -0.4 is 16.7 Å². The first-order chi connectivity index (χ1) is 16.7. The van der Waals surface area contributed by atoms with Crippen LogP contribution in [0.3, 0.4) is 0 Å². The van der Waals surface area contributed by atoms with Crippen molar-refractivity contribution in [1.82, 2.24) is 0 Å². The fourth-order valence-corrected chi connectivity index (χ4v) is 3.73. The molecule has 2 heterocycles. The number of hydrogen-bond donors (Lipinski definition) is 0. The first-order valence-electron chi connectivity index (χ1n) is 13.2. The summed E-state index contributed by atoms with van der Waals surface area (Å²) in [4.78, 5) is 0. The summed E-state index contributed by atoms with van der Waals surface area (Å²) in [5, 5.41) is 0. The third-order valence-electron chi connectivity index (χ3n) is 5.55. The second kappa shape index (κ2) is 21.8. The topological polar surface area (TPSA) is 88.0 Å². The molecule has 0 aliphatic carbocycles. The molecule has 2 aromatic heterocycles. The molecule has 7 heteroatoms. The van der Waals surface area contributed by atoms with Crippen LogP contribution in [0.25, 0.3) is 0 Å². The van der Waals surface area contributed by atoms with Gasteiger partial charge in [-0.2, -0.15) is 0 Å². The SMILES string of the molecule is CCCCCCCC[n+]1cccc(C)c1.CCCCCCCC[n+]1cccc(C)c1.[O]=[Mo](=[O])([O-])[O-]. The van der Waals surface area contributed by atoms with Crippen molar-refractivity contribution in [2.24, 2.45) is 0 Å². The fourth-order valence-electron chi connectivity index (χ4n) is 3.73. The Bertz CT molecular complexity index is 807. The zero-order valence-corrected chi connectivity index (χ0v) is 24.5. The third-order valence-corrected chi connectivity index (χ3v) is 5.55.